The molecule has 0 radical (unpaired) electrons. The second kappa shape index (κ2) is 8.07. The lowest BCUT2D eigenvalue weighted by molar-refractivity contribution is -0.113. The van der Waals surface area contributed by atoms with Crippen LogP contribution >= 0.6 is 0 Å². The summed E-state index contributed by atoms with van der Waals surface area (Å²) < 4.78 is 5.48. The number of amides is 1. The van der Waals surface area contributed by atoms with E-state index in [1.165, 1.54) is 0 Å². The molecule has 4 rings (SSSR count). The summed E-state index contributed by atoms with van der Waals surface area (Å²) in [4.78, 5) is 14.9. The summed E-state index contributed by atoms with van der Waals surface area (Å²) in [5.41, 5.74) is 3.98. The molecule has 0 spiro atoms. The van der Waals surface area contributed by atoms with Gasteiger partial charge in [0.1, 0.15) is 11.5 Å². The van der Waals surface area contributed by atoms with Crippen molar-refractivity contribution >= 4 is 23.4 Å². The summed E-state index contributed by atoms with van der Waals surface area (Å²) in [5, 5.41) is 9.62. The smallest absolute Gasteiger partial charge is 0.262 e. The molecule has 0 aromatic heterocycles. The normalized spacial score (nSPS) is 14.9. The second-order valence-corrected chi connectivity index (χ2v) is 6.65. The van der Waals surface area contributed by atoms with Crippen molar-refractivity contribution in [2.45, 2.75) is 6.92 Å². The Morgan fingerprint density at radius 3 is 2.28 bits per heavy atom. The fourth-order valence-electron chi connectivity index (χ4n) is 3.30. The molecule has 1 heterocycles. The lowest BCUT2D eigenvalue weighted by atomic mass is 10.1. The number of carbonyl (C=O) groups is 1. The molecule has 29 heavy (non-hydrogen) atoms. The first-order valence-electron chi connectivity index (χ1n) is 9.51. The quantitative estimate of drug-likeness (QED) is 0.611. The third-order valence-corrected chi connectivity index (χ3v) is 4.67. The molecule has 0 saturated carbocycles. The van der Waals surface area contributed by atoms with E-state index in [-0.39, 0.29) is 11.7 Å². The predicted molar refractivity (Wildman–Crippen MR) is 116 cm³/mol. The van der Waals surface area contributed by atoms with Crippen LogP contribution in [0.25, 0.3) is 11.8 Å². The Labute approximate surface area is 170 Å². The van der Waals surface area contributed by atoms with Crippen molar-refractivity contribution in [3.05, 3.63) is 102 Å². The summed E-state index contributed by atoms with van der Waals surface area (Å²) in [6, 6.07) is 24.1. The van der Waals surface area contributed by atoms with Gasteiger partial charge in [-0.05, 0) is 66.6 Å². The molecule has 1 amide bonds. The lowest BCUT2D eigenvalue weighted by Gasteiger charge is -2.20. The van der Waals surface area contributed by atoms with Crippen LogP contribution in [0.3, 0.4) is 0 Å². The molecule has 3 aromatic rings. The van der Waals surface area contributed by atoms with Crippen LogP contribution in [0.1, 0.15) is 18.1 Å². The lowest BCUT2D eigenvalue weighted by Crippen LogP contribution is -2.24. The van der Waals surface area contributed by atoms with Crippen LogP contribution in [-0.4, -0.2) is 17.6 Å². The van der Waals surface area contributed by atoms with Crippen molar-refractivity contribution in [1.82, 2.24) is 0 Å². The molecule has 0 bridgehead atoms. The van der Waals surface area contributed by atoms with Crippen molar-refractivity contribution < 1.29 is 14.6 Å². The maximum atomic E-state index is 13.3. The summed E-state index contributed by atoms with van der Waals surface area (Å²) in [6.45, 7) is 2.56. The summed E-state index contributed by atoms with van der Waals surface area (Å²) in [5.74, 6) is 0.859. The molecule has 4 nitrogen and oxygen atoms in total. The van der Waals surface area contributed by atoms with Crippen molar-refractivity contribution in [3.63, 3.8) is 0 Å². The Morgan fingerprint density at radius 2 is 1.62 bits per heavy atom. The van der Waals surface area contributed by atoms with E-state index in [0.717, 1.165) is 22.6 Å². The summed E-state index contributed by atoms with van der Waals surface area (Å²) in [7, 11) is 0. The van der Waals surface area contributed by atoms with Gasteiger partial charge in [0, 0.05) is 11.3 Å². The molecule has 4 heteroatoms. The van der Waals surface area contributed by atoms with E-state index in [2.05, 4.69) is 0 Å². The van der Waals surface area contributed by atoms with Gasteiger partial charge >= 0.3 is 0 Å². The van der Waals surface area contributed by atoms with Gasteiger partial charge in [-0.25, -0.2) is 0 Å². The molecule has 1 aliphatic rings. The minimum Gasteiger partial charge on any atom is -0.508 e. The monoisotopic (exact) mass is 383 g/mol. The van der Waals surface area contributed by atoms with Gasteiger partial charge in [-0.15, -0.1) is 0 Å². The van der Waals surface area contributed by atoms with Gasteiger partial charge in [0.05, 0.1) is 12.3 Å². The van der Waals surface area contributed by atoms with Crippen LogP contribution in [0.4, 0.5) is 5.69 Å². The fraction of sp³-hybridized carbons (Fsp3) is 0.0800. The largest absolute Gasteiger partial charge is 0.508 e. The van der Waals surface area contributed by atoms with Crippen molar-refractivity contribution in [3.8, 4) is 11.5 Å². The van der Waals surface area contributed by atoms with E-state index < -0.39 is 0 Å². The number of phenols is 1. The third kappa shape index (κ3) is 3.92. The molecular weight excluding hydrogens is 362 g/mol. The van der Waals surface area contributed by atoms with Gasteiger partial charge in [0.15, 0.2) is 0 Å². The number of hydrogen-bond acceptors (Lipinski definition) is 3. The number of hydrogen-bond donors (Lipinski definition) is 1. The zero-order chi connectivity index (χ0) is 20.2. The first-order chi connectivity index (χ1) is 14.2. The molecule has 0 atom stereocenters. The minimum absolute atomic E-state index is 0.108. The Balaban J connectivity index is 1.74. The van der Waals surface area contributed by atoms with E-state index in [1.807, 2.05) is 73.7 Å². The van der Waals surface area contributed by atoms with E-state index in [0.29, 0.717) is 17.9 Å². The molecule has 0 fully saturated rings. The van der Waals surface area contributed by atoms with Gasteiger partial charge in [0.2, 0.25) is 0 Å². The number of ether oxygens (including phenoxy) is 1. The Bertz CT molecular complexity index is 1070. The molecular formula is C25H21NO3. The minimum atomic E-state index is -0.108. The van der Waals surface area contributed by atoms with Crippen molar-refractivity contribution in [2.24, 2.45) is 0 Å². The highest BCUT2D eigenvalue weighted by atomic mass is 16.5. The van der Waals surface area contributed by atoms with E-state index >= 15 is 0 Å². The summed E-state index contributed by atoms with van der Waals surface area (Å²) >= 11 is 0. The highest BCUT2D eigenvalue weighted by Crippen LogP contribution is 2.35. The van der Waals surface area contributed by atoms with Crippen molar-refractivity contribution in [1.29, 1.82) is 0 Å². The van der Waals surface area contributed by atoms with E-state index in [9.17, 15) is 9.90 Å². The standard InChI is InChI=1S/C25H21NO3/c1-2-29-23-14-8-18(9-15-23)16-20-17-24(19-6-4-3-5-7-19)26(25(20)28)21-10-12-22(27)13-11-21/h3-17,27H,2H2,1H3/b20-16+. The Hall–Kier alpha value is -3.79. The maximum absolute atomic E-state index is 13.3. The Kier molecular flexibility index (Phi) is 5.16. The number of aromatic hydroxyl groups is 1. The Morgan fingerprint density at radius 1 is 0.931 bits per heavy atom. The number of phenolic OH excluding ortho intramolecular Hbond substituents is 1. The van der Waals surface area contributed by atoms with Crippen LogP contribution in [0, 0.1) is 0 Å². The fourth-order valence-corrected chi connectivity index (χ4v) is 3.30. The molecule has 0 aliphatic carbocycles. The highest BCUT2D eigenvalue weighted by Gasteiger charge is 2.30. The molecule has 144 valence electrons. The first-order valence-corrected chi connectivity index (χ1v) is 9.51. The number of nitrogens with zero attached hydrogens (tertiary/aromatic N) is 1. The zero-order valence-corrected chi connectivity index (χ0v) is 16.1. The molecule has 0 saturated heterocycles. The number of rotatable bonds is 5. The second-order valence-electron chi connectivity index (χ2n) is 6.65. The van der Waals surface area contributed by atoms with Crippen LogP contribution in [0.15, 0.2) is 90.5 Å². The number of carbonyl (C=O) groups excluding carboxylic acids is 1. The molecule has 1 aliphatic heterocycles. The average molecular weight is 383 g/mol. The SMILES string of the molecule is CCOc1ccc(/C=C2\C=C(c3ccccc3)N(c3ccc(O)cc3)C2=O)cc1. The zero-order valence-electron chi connectivity index (χ0n) is 16.1. The molecule has 0 unspecified atom stereocenters. The van der Waals surface area contributed by atoms with Crippen molar-refractivity contribution in [2.75, 3.05) is 11.5 Å². The van der Waals surface area contributed by atoms with Crippen LogP contribution in [-0.2, 0) is 4.79 Å². The predicted octanol–water partition coefficient (Wildman–Crippen LogP) is 5.26. The van der Waals surface area contributed by atoms with Crippen LogP contribution in [0.5, 0.6) is 11.5 Å². The van der Waals surface area contributed by atoms with Crippen LogP contribution < -0.4 is 9.64 Å². The van der Waals surface area contributed by atoms with E-state index in [4.69, 9.17) is 4.74 Å². The van der Waals surface area contributed by atoms with Gasteiger partial charge < -0.3 is 9.84 Å². The first kappa shape index (κ1) is 18.6. The average Bonchev–Trinajstić information content (AvgIpc) is 3.07. The highest BCUT2D eigenvalue weighted by molar-refractivity contribution is 6.23. The number of anilines is 1. The maximum Gasteiger partial charge on any atom is 0.262 e. The van der Waals surface area contributed by atoms with Crippen LogP contribution in [0.2, 0.25) is 0 Å². The van der Waals surface area contributed by atoms with Gasteiger partial charge in [-0.1, -0.05) is 42.5 Å². The van der Waals surface area contributed by atoms with Gasteiger partial charge in [-0.3, -0.25) is 9.69 Å². The van der Waals surface area contributed by atoms with Gasteiger partial charge in [-0.2, -0.15) is 0 Å². The van der Waals surface area contributed by atoms with Gasteiger partial charge in [0.25, 0.3) is 5.91 Å². The molecule has 1 N–H and O–H groups in total. The number of benzene rings is 3. The molecule has 3 aromatic carbocycles. The van der Waals surface area contributed by atoms with E-state index in [1.54, 1.807) is 29.2 Å². The summed E-state index contributed by atoms with van der Waals surface area (Å²) in [6.07, 6.45) is 3.78. The topological polar surface area (TPSA) is 49.8 Å². The third-order valence-electron chi connectivity index (χ3n) is 4.67.